The minimum absolute atomic E-state index is 0.107. The van der Waals surface area contributed by atoms with Crippen LogP contribution in [0.4, 0.5) is 0 Å². The van der Waals surface area contributed by atoms with Gasteiger partial charge in [0.25, 0.3) is 11.8 Å². The Morgan fingerprint density at radius 2 is 1.77 bits per heavy atom. The largest absolute Gasteiger partial charge is 0.465 e. The summed E-state index contributed by atoms with van der Waals surface area (Å²) in [5.41, 5.74) is 1.18. The number of aromatic nitrogens is 1. The second-order valence-corrected chi connectivity index (χ2v) is 6.66. The van der Waals surface area contributed by atoms with E-state index in [0.29, 0.717) is 19.5 Å². The standard InChI is InChI=1S/C21H22N4O5/c1-30-21(29)16-8-9-17(22-13-16)20(28)25-11-5-10-24(25)19(27)14-23-18(26)12-15-6-3-2-4-7-15/h2-4,6-9,13H,5,10-12,14H2,1H3,(H,23,26). The molecule has 30 heavy (non-hydrogen) atoms. The van der Waals surface area contributed by atoms with E-state index in [1.165, 1.54) is 35.5 Å². The number of rotatable bonds is 6. The van der Waals surface area contributed by atoms with Crippen molar-refractivity contribution in [1.82, 2.24) is 20.3 Å². The fourth-order valence-corrected chi connectivity index (χ4v) is 3.08. The minimum atomic E-state index is -0.550. The van der Waals surface area contributed by atoms with Crippen LogP contribution in [0, 0.1) is 0 Å². The number of nitrogens with zero attached hydrogens (tertiary/aromatic N) is 3. The molecule has 2 aromatic rings. The highest BCUT2D eigenvalue weighted by atomic mass is 16.5. The Hall–Kier alpha value is -3.75. The highest BCUT2D eigenvalue weighted by molar-refractivity contribution is 5.96. The molecule has 0 atom stereocenters. The predicted octanol–water partition coefficient (Wildman–Crippen LogP) is 0.817. The Kier molecular flexibility index (Phi) is 6.74. The Labute approximate surface area is 173 Å². The zero-order valence-corrected chi connectivity index (χ0v) is 16.5. The zero-order valence-electron chi connectivity index (χ0n) is 16.5. The number of esters is 1. The Morgan fingerprint density at radius 1 is 1.03 bits per heavy atom. The van der Waals surface area contributed by atoms with Gasteiger partial charge in [-0.3, -0.25) is 19.4 Å². The van der Waals surface area contributed by atoms with Crippen LogP contribution in [0.1, 0.15) is 32.8 Å². The van der Waals surface area contributed by atoms with Gasteiger partial charge in [-0.2, -0.15) is 0 Å². The maximum Gasteiger partial charge on any atom is 0.339 e. The minimum Gasteiger partial charge on any atom is -0.465 e. The summed E-state index contributed by atoms with van der Waals surface area (Å²) in [6.07, 6.45) is 2.05. The third kappa shape index (κ3) is 4.99. The molecule has 9 nitrogen and oxygen atoms in total. The second kappa shape index (κ2) is 9.64. The number of carbonyl (C=O) groups excluding carboxylic acids is 4. The van der Waals surface area contributed by atoms with Crippen LogP contribution in [0.3, 0.4) is 0 Å². The lowest BCUT2D eigenvalue weighted by molar-refractivity contribution is -0.140. The van der Waals surface area contributed by atoms with Crippen molar-refractivity contribution < 1.29 is 23.9 Å². The quantitative estimate of drug-likeness (QED) is 0.706. The zero-order chi connectivity index (χ0) is 21.5. The highest BCUT2D eigenvalue weighted by Gasteiger charge is 2.32. The molecule has 3 rings (SSSR count). The molecular formula is C21H22N4O5. The number of hydrogen-bond donors (Lipinski definition) is 1. The van der Waals surface area contributed by atoms with Crippen LogP contribution in [-0.4, -0.2) is 65.4 Å². The number of hydrogen-bond acceptors (Lipinski definition) is 6. The molecule has 1 aromatic heterocycles. The van der Waals surface area contributed by atoms with Gasteiger partial charge in [-0.15, -0.1) is 0 Å². The topological polar surface area (TPSA) is 109 Å². The van der Waals surface area contributed by atoms with Gasteiger partial charge in [-0.05, 0) is 24.1 Å². The van der Waals surface area contributed by atoms with E-state index in [-0.39, 0.29) is 36.0 Å². The first-order valence-electron chi connectivity index (χ1n) is 9.46. The Balaban J connectivity index is 1.57. The molecule has 1 saturated heterocycles. The molecule has 1 aliphatic rings. The van der Waals surface area contributed by atoms with Gasteiger partial charge in [0, 0.05) is 19.3 Å². The number of nitrogens with one attached hydrogen (secondary N) is 1. The summed E-state index contributed by atoms with van der Waals surface area (Å²) in [6, 6.07) is 12.1. The van der Waals surface area contributed by atoms with E-state index in [0.717, 1.165) is 5.56 Å². The van der Waals surface area contributed by atoms with Crippen molar-refractivity contribution in [2.24, 2.45) is 0 Å². The van der Waals surface area contributed by atoms with Crippen molar-refractivity contribution in [2.45, 2.75) is 12.8 Å². The molecule has 0 unspecified atom stereocenters. The molecule has 0 spiro atoms. The van der Waals surface area contributed by atoms with Crippen LogP contribution in [0.5, 0.6) is 0 Å². The number of hydrazine groups is 1. The first-order valence-corrected chi connectivity index (χ1v) is 9.46. The number of carbonyl (C=O) groups is 4. The van der Waals surface area contributed by atoms with Gasteiger partial charge in [-0.25, -0.2) is 14.8 Å². The first kappa shape index (κ1) is 21.0. The third-order valence-corrected chi connectivity index (χ3v) is 4.60. The van der Waals surface area contributed by atoms with E-state index in [9.17, 15) is 19.2 Å². The summed E-state index contributed by atoms with van der Waals surface area (Å²) in [6.45, 7) is 0.534. The van der Waals surface area contributed by atoms with Crippen LogP contribution in [0.2, 0.25) is 0 Å². The van der Waals surface area contributed by atoms with Crippen molar-refractivity contribution in [3.05, 3.63) is 65.5 Å². The molecule has 1 fully saturated rings. The number of ether oxygens (including phenoxy) is 1. The van der Waals surface area contributed by atoms with Gasteiger partial charge in [0.15, 0.2) is 0 Å². The van der Waals surface area contributed by atoms with Crippen molar-refractivity contribution in [3.8, 4) is 0 Å². The molecule has 2 heterocycles. The van der Waals surface area contributed by atoms with Crippen LogP contribution in [-0.2, 0) is 20.7 Å². The van der Waals surface area contributed by atoms with Crippen LogP contribution in [0.25, 0.3) is 0 Å². The third-order valence-electron chi connectivity index (χ3n) is 4.60. The summed E-state index contributed by atoms with van der Waals surface area (Å²) in [5.74, 6) is -1.65. The molecule has 156 valence electrons. The number of pyridine rings is 1. The molecule has 0 radical (unpaired) electrons. The van der Waals surface area contributed by atoms with Gasteiger partial charge < -0.3 is 10.1 Å². The summed E-state index contributed by atoms with van der Waals surface area (Å²) in [4.78, 5) is 52.9. The number of methoxy groups -OCH3 is 1. The van der Waals surface area contributed by atoms with Crippen LogP contribution in [0.15, 0.2) is 48.7 Å². The number of amides is 3. The van der Waals surface area contributed by atoms with E-state index < -0.39 is 11.9 Å². The summed E-state index contributed by atoms with van der Waals surface area (Å²) < 4.78 is 4.61. The van der Waals surface area contributed by atoms with Gasteiger partial charge in [0.2, 0.25) is 5.91 Å². The highest BCUT2D eigenvalue weighted by Crippen LogP contribution is 2.15. The van der Waals surface area contributed by atoms with E-state index >= 15 is 0 Å². The lowest BCUT2D eigenvalue weighted by Gasteiger charge is -2.27. The molecule has 0 aliphatic carbocycles. The molecule has 9 heteroatoms. The summed E-state index contributed by atoms with van der Waals surface area (Å²) in [7, 11) is 1.26. The summed E-state index contributed by atoms with van der Waals surface area (Å²) in [5, 5.41) is 5.23. The monoisotopic (exact) mass is 410 g/mol. The molecule has 1 N–H and O–H groups in total. The average molecular weight is 410 g/mol. The van der Waals surface area contributed by atoms with Crippen molar-refractivity contribution in [3.63, 3.8) is 0 Å². The maximum atomic E-state index is 12.8. The smallest absolute Gasteiger partial charge is 0.339 e. The fraction of sp³-hybridized carbons (Fsp3) is 0.286. The van der Waals surface area contributed by atoms with Crippen molar-refractivity contribution in [2.75, 3.05) is 26.7 Å². The van der Waals surface area contributed by atoms with E-state index in [1.54, 1.807) is 0 Å². The summed E-state index contributed by atoms with van der Waals surface area (Å²) >= 11 is 0. The molecule has 1 aliphatic heterocycles. The van der Waals surface area contributed by atoms with Gasteiger partial charge >= 0.3 is 5.97 Å². The molecule has 1 aromatic carbocycles. The second-order valence-electron chi connectivity index (χ2n) is 6.66. The van der Waals surface area contributed by atoms with E-state index in [2.05, 4.69) is 15.0 Å². The molecular weight excluding hydrogens is 388 g/mol. The Bertz CT molecular complexity index is 930. The lowest BCUT2D eigenvalue weighted by Crippen LogP contribution is -2.48. The lowest BCUT2D eigenvalue weighted by atomic mass is 10.1. The maximum absolute atomic E-state index is 12.8. The molecule has 0 bridgehead atoms. The van der Waals surface area contributed by atoms with Crippen LogP contribution >= 0.6 is 0 Å². The van der Waals surface area contributed by atoms with Crippen molar-refractivity contribution in [1.29, 1.82) is 0 Å². The van der Waals surface area contributed by atoms with Crippen molar-refractivity contribution >= 4 is 23.7 Å². The predicted molar refractivity (Wildman–Crippen MR) is 106 cm³/mol. The van der Waals surface area contributed by atoms with Gasteiger partial charge in [0.1, 0.15) is 5.69 Å². The number of benzene rings is 1. The normalized spacial score (nSPS) is 13.1. The average Bonchev–Trinajstić information content (AvgIpc) is 3.27. The van der Waals surface area contributed by atoms with E-state index in [1.807, 2.05) is 30.3 Å². The van der Waals surface area contributed by atoms with Gasteiger partial charge in [0.05, 0.1) is 25.6 Å². The molecule has 3 amide bonds. The fourth-order valence-electron chi connectivity index (χ4n) is 3.08. The molecule has 0 saturated carbocycles. The SMILES string of the molecule is COC(=O)c1ccc(C(=O)N2CCCN2C(=O)CNC(=O)Cc2ccccc2)nc1. The first-order chi connectivity index (χ1) is 14.5. The van der Waals surface area contributed by atoms with Crippen LogP contribution < -0.4 is 5.32 Å². The van der Waals surface area contributed by atoms with E-state index in [4.69, 9.17) is 0 Å². The van der Waals surface area contributed by atoms with Gasteiger partial charge in [-0.1, -0.05) is 30.3 Å². The Morgan fingerprint density at radius 3 is 2.43 bits per heavy atom.